The third kappa shape index (κ3) is 7.26. The fourth-order valence-corrected chi connectivity index (χ4v) is 4.75. The summed E-state index contributed by atoms with van der Waals surface area (Å²) in [5, 5.41) is 2.86. The van der Waals surface area contributed by atoms with Crippen LogP contribution in [0.25, 0.3) is 0 Å². The second kappa shape index (κ2) is 11.1. The van der Waals surface area contributed by atoms with E-state index in [1.807, 2.05) is 24.3 Å². The van der Waals surface area contributed by atoms with Gasteiger partial charge in [0, 0.05) is 38.3 Å². The molecule has 1 aliphatic carbocycles. The number of morpholine rings is 1. The standard InChI is InChI=1S/C24H31N3O5S/c28-24(21-4-2-6-23(16-21)33(29,30)26-18-19-7-8-19)25-17-20-3-1-5-22(15-20)32-14-11-27-9-12-31-13-10-27/h1-6,15-16,19,26H,7-14,17-18H2,(H,25,28). The molecule has 2 aliphatic rings. The quantitative estimate of drug-likeness (QED) is 0.518. The van der Waals surface area contributed by atoms with Crippen molar-refractivity contribution in [2.75, 3.05) is 46.0 Å². The monoisotopic (exact) mass is 473 g/mol. The first-order chi connectivity index (χ1) is 16.0. The first-order valence-electron chi connectivity index (χ1n) is 11.4. The summed E-state index contributed by atoms with van der Waals surface area (Å²) in [7, 11) is -3.62. The predicted octanol–water partition coefficient (Wildman–Crippen LogP) is 2.02. The first-order valence-corrected chi connectivity index (χ1v) is 12.9. The molecule has 0 aromatic heterocycles. The molecular weight excluding hydrogens is 442 g/mol. The number of ether oxygens (including phenoxy) is 2. The summed E-state index contributed by atoms with van der Waals surface area (Å²) in [4.78, 5) is 15.0. The summed E-state index contributed by atoms with van der Waals surface area (Å²) in [5.41, 5.74) is 1.21. The van der Waals surface area contributed by atoms with Gasteiger partial charge in [-0.2, -0.15) is 0 Å². The summed E-state index contributed by atoms with van der Waals surface area (Å²) < 4.78 is 38.8. The van der Waals surface area contributed by atoms with Gasteiger partial charge in [0.25, 0.3) is 5.91 Å². The first kappa shape index (κ1) is 23.7. The zero-order valence-corrected chi connectivity index (χ0v) is 19.5. The van der Waals surface area contributed by atoms with Crippen LogP contribution in [0.15, 0.2) is 53.4 Å². The number of hydrogen-bond acceptors (Lipinski definition) is 6. The summed E-state index contributed by atoms with van der Waals surface area (Å²) in [5.74, 6) is 0.864. The lowest BCUT2D eigenvalue weighted by Gasteiger charge is -2.26. The SMILES string of the molecule is O=C(NCc1cccc(OCCN2CCOCC2)c1)c1cccc(S(=O)(=O)NCC2CC2)c1. The van der Waals surface area contributed by atoms with Gasteiger partial charge in [-0.3, -0.25) is 9.69 Å². The molecule has 1 aliphatic heterocycles. The van der Waals surface area contributed by atoms with Gasteiger partial charge in [0.05, 0.1) is 18.1 Å². The molecule has 2 N–H and O–H groups in total. The van der Waals surface area contributed by atoms with E-state index in [1.165, 1.54) is 12.1 Å². The number of nitrogens with zero attached hydrogens (tertiary/aromatic N) is 1. The van der Waals surface area contributed by atoms with Crippen LogP contribution in [0.1, 0.15) is 28.8 Å². The Morgan fingerprint density at radius 1 is 1.09 bits per heavy atom. The average Bonchev–Trinajstić information content (AvgIpc) is 3.67. The highest BCUT2D eigenvalue weighted by Gasteiger charge is 2.24. The number of hydrogen-bond donors (Lipinski definition) is 2. The van der Waals surface area contributed by atoms with E-state index in [-0.39, 0.29) is 10.8 Å². The molecule has 1 heterocycles. The molecule has 2 fully saturated rings. The number of sulfonamides is 1. The number of rotatable bonds is 11. The zero-order valence-electron chi connectivity index (χ0n) is 18.7. The summed E-state index contributed by atoms with van der Waals surface area (Å²) in [6.07, 6.45) is 2.12. The van der Waals surface area contributed by atoms with Gasteiger partial charge in [0.2, 0.25) is 10.0 Å². The largest absolute Gasteiger partial charge is 0.492 e. The molecule has 178 valence electrons. The Labute approximate surface area is 195 Å². The Kier molecular flexibility index (Phi) is 7.97. The molecule has 9 heteroatoms. The normalized spacial score (nSPS) is 17.0. The van der Waals surface area contributed by atoms with E-state index in [0.29, 0.717) is 31.2 Å². The Hall–Kier alpha value is -2.46. The Bertz CT molecular complexity index is 1050. The molecule has 4 rings (SSSR count). The van der Waals surface area contributed by atoms with Crippen LogP contribution >= 0.6 is 0 Å². The maximum absolute atomic E-state index is 12.6. The smallest absolute Gasteiger partial charge is 0.251 e. The molecule has 0 radical (unpaired) electrons. The molecule has 1 amide bonds. The van der Waals surface area contributed by atoms with Crippen molar-refractivity contribution in [3.8, 4) is 5.75 Å². The van der Waals surface area contributed by atoms with Crippen molar-refractivity contribution in [3.63, 3.8) is 0 Å². The van der Waals surface area contributed by atoms with Gasteiger partial charge in [0.15, 0.2) is 0 Å². The number of amides is 1. The van der Waals surface area contributed by atoms with Gasteiger partial charge in [-0.25, -0.2) is 13.1 Å². The predicted molar refractivity (Wildman–Crippen MR) is 125 cm³/mol. The van der Waals surface area contributed by atoms with E-state index < -0.39 is 10.0 Å². The van der Waals surface area contributed by atoms with Crippen LogP contribution in [0.3, 0.4) is 0 Å². The lowest BCUT2D eigenvalue weighted by molar-refractivity contribution is 0.0322. The maximum atomic E-state index is 12.6. The van der Waals surface area contributed by atoms with Crippen LogP contribution in [0.2, 0.25) is 0 Å². The third-order valence-corrected chi connectivity index (χ3v) is 7.22. The molecule has 2 aromatic rings. The van der Waals surface area contributed by atoms with E-state index in [2.05, 4.69) is 14.9 Å². The molecule has 8 nitrogen and oxygen atoms in total. The van der Waals surface area contributed by atoms with Crippen LogP contribution in [-0.4, -0.2) is 65.2 Å². The van der Waals surface area contributed by atoms with Crippen LogP contribution in [0.4, 0.5) is 0 Å². The molecule has 0 bridgehead atoms. The number of carbonyl (C=O) groups is 1. The Morgan fingerprint density at radius 2 is 1.88 bits per heavy atom. The average molecular weight is 474 g/mol. The Morgan fingerprint density at radius 3 is 2.67 bits per heavy atom. The van der Waals surface area contributed by atoms with Crippen molar-refractivity contribution in [1.82, 2.24) is 14.9 Å². The third-order valence-electron chi connectivity index (χ3n) is 5.80. The summed E-state index contributed by atoms with van der Waals surface area (Å²) in [6.45, 7) is 5.58. The summed E-state index contributed by atoms with van der Waals surface area (Å²) in [6, 6.07) is 13.7. The van der Waals surface area contributed by atoms with Gasteiger partial charge in [-0.1, -0.05) is 18.2 Å². The van der Waals surface area contributed by atoms with Crippen molar-refractivity contribution in [2.24, 2.45) is 5.92 Å². The van der Waals surface area contributed by atoms with Gasteiger partial charge in [0.1, 0.15) is 12.4 Å². The highest BCUT2D eigenvalue weighted by Crippen LogP contribution is 2.28. The number of nitrogens with one attached hydrogen (secondary N) is 2. The van der Waals surface area contributed by atoms with Crippen molar-refractivity contribution in [2.45, 2.75) is 24.3 Å². The fourth-order valence-electron chi connectivity index (χ4n) is 3.58. The molecule has 1 saturated heterocycles. The van der Waals surface area contributed by atoms with E-state index in [9.17, 15) is 13.2 Å². The van der Waals surface area contributed by atoms with Crippen molar-refractivity contribution >= 4 is 15.9 Å². The van der Waals surface area contributed by atoms with Crippen molar-refractivity contribution < 1.29 is 22.7 Å². The van der Waals surface area contributed by atoms with Crippen molar-refractivity contribution in [1.29, 1.82) is 0 Å². The van der Waals surface area contributed by atoms with E-state index in [1.54, 1.807) is 12.1 Å². The molecule has 0 atom stereocenters. The van der Waals surface area contributed by atoms with Crippen LogP contribution < -0.4 is 14.8 Å². The summed E-state index contributed by atoms with van der Waals surface area (Å²) >= 11 is 0. The van der Waals surface area contributed by atoms with Crippen molar-refractivity contribution in [3.05, 3.63) is 59.7 Å². The van der Waals surface area contributed by atoms with E-state index >= 15 is 0 Å². The molecule has 1 saturated carbocycles. The number of carbonyl (C=O) groups excluding carboxylic acids is 1. The van der Waals surface area contributed by atoms with Gasteiger partial charge in [-0.05, 0) is 54.7 Å². The van der Waals surface area contributed by atoms with Gasteiger partial charge < -0.3 is 14.8 Å². The highest BCUT2D eigenvalue weighted by molar-refractivity contribution is 7.89. The number of benzene rings is 2. The second-order valence-electron chi connectivity index (χ2n) is 8.46. The molecular formula is C24H31N3O5S. The van der Waals surface area contributed by atoms with Gasteiger partial charge >= 0.3 is 0 Å². The van der Waals surface area contributed by atoms with Crippen LogP contribution in [-0.2, 0) is 21.3 Å². The molecule has 0 spiro atoms. The molecule has 33 heavy (non-hydrogen) atoms. The lowest BCUT2D eigenvalue weighted by atomic mass is 10.2. The molecule has 2 aromatic carbocycles. The Balaban J connectivity index is 1.28. The highest BCUT2D eigenvalue weighted by atomic mass is 32.2. The van der Waals surface area contributed by atoms with Crippen LogP contribution in [0.5, 0.6) is 5.75 Å². The minimum Gasteiger partial charge on any atom is -0.492 e. The zero-order chi connectivity index (χ0) is 23.1. The van der Waals surface area contributed by atoms with E-state index in [0.717, 1.165) is 57.0 Å². The van der Waals surface area contributed by atoms with Crippen LogP contribution in [0, 0.1) is 5.92 Å². The maximum Gasteiger partial charge on any atom is 0.251 e. The van der Waals surface area contributed by atoms with E-state index in [4.69, 9.17) is 9.47 Å². The second-order valence-corrected chi connectivity index (χ2v) is 10.2. The minimum atomic E-state index is -3.62. The topological polar surface area (TPSA) is 97.0 Å². The fraction of sp³-hybridized carbons (Fsp3) is 0.458. The lowest BCUT2D eigenvalue weighted by Crippen LogP contribution is -2.38. The molecule has 0 unspecified atom stereocenters. The van der Waals surface area contributed by atoms with Gasteiger partial charge in [-0.15, -0.1) is 0 Å². The minimum absolute atomic E-state index is 0.103.